The molecule has 1 saturated carbocycles. The Kier molecular flexibility index (Phi) is 4.78. The molecule has 1 aromatic heterocycles. The van der Waals surface area contributed by atoms with E-state index in [2.05, 4.69) is 20.3 Å². The Morgan fingerprint density at radius 1 is 1.26 bits per heavy atom. The van der Waals surface area contributed by atoms with Crippen LogP contribution in [0.2, 0.25) is 0 Å². The van der Waals surface area contributed by atoms with Crippen molar-refractivity contribution < 1.29 is 35.9 Å². The quantitative estimate of drug-likeness (QED) is 0.705. The van der Waals surface area contributed by atoms with Crippen LogP contribution in [0, 0.1) is 11.7 Å². The van der Waals surface area contributed by atoms with Crippen LogP contribution in [0.5, 0.6) is 0 Å². The summed E-state index contributed by atoms with van der Waals surface area (Å²) in [6.07, 6.45) is -7.28. The van der Waals surface area contributed by atoms with Crippen LogP contribution in [-0.4, -0.2) is 34.4 Å². The standard InChI is InChI=1S/C18H13F6N5O2/c19-10-2-1-7(28-14(30)11-5-27-13(6-26-11)18(22,23)24)3-8(10)17(15(20)21)9-4-12(9)31-16(25)29-17/h1-3,5-6,9,12,15H,4H2,(H2,25,29)(H,28,30)/t9-,12+,17+/m0/s1. The average Bonchev–Trinajstić information content (AvgIpc) is 3.47. The predicted molar refractivity (Wildman–Crippen MR) is 93.7 cm³/mol. The Morgan fingerprint density at radius 3 is 2.61 bits per heavy atom. The van der Waals surface area contributed by atoms with E-state index in [0.29, 0.717) is 12.4 Å². The van der Waals surface area contributed by atoms with E-state index in [1.807, 2.05) is 0 Å². The molecule has 1 fully saturated rings. The molecule has 0 spiro atoms. The number of nitrogens with two attached hydrogens (primary N) is 1. The number of amides is 1. The lowest BCUT2D eigenvalue weighted by Crippen LogP contribution is -2.43. The number of aromatic nitrogens is 2. The Balaban J connectivity index is 1.64. The Bertz CT molecular complexity index is 1060. The van der Waals surface area contributed by atoms with Crippen molar-refractivity contribution in [2.75, 3.05) is 5.32 Å². The smallest absolute Gasteiger partial charge is 0.434 e. The van der Waals surface area contributed by atoms with Crippen molar-refractivity contribution in [2.24, 2.45) is 16.6 Å². The summed E-state index contributed by atoms with van der Waals surface area (Å²) in [5, 5.41) is 2.27. The van der Waals surface area contributed by atoms with E-state index in [4.69, 9.17) is 10.5 Å². The molecule has 31 heavy (non-hydrogen) atoms. The summed E-state index contributed by atoms with van der Waals surface area (Å²) in [6, 6.07) is 2.46. The topological polar surface area (TPSA) is 102 Å². The van der Waals surface area contributed by atoms with E-state index < -0.39 is 64.9 Å². The van der Waals surface area contributed by atoms with Crippen molar-refractivity contribution >= 4 is 17.6 Å². The number of benzene rings is 1. The molecule has 1 aliphatic heterocycles. The van der Waals surface area contributed by atoms with E-state index in [0.717, 1.165) is 18.2 Å². The first kappa shape index (κ1) is 20.9. The second-order valence-corrected chi connectivity index (χ2v) is 7.01. The summed E-state index contributed by atoms with van der Waals surface area (Å²) in [5.74, 6) is -2.76. The van der Waals surface area contributed by atoms with Gasteiger partial charge in [0.2, 0.25) is 0 Å². The fourth-order valence-corrected chi connectivity index (χ4v) is 3.50. The molecule has 7 nitrogen and oxygen atoms in total. The number of anilines is 1. The van der Waals surface area contributed by atoms with Crippen LogP contribution < -0.4 is 11.1 Å². The van der Waals surface area contributed by atoms with Gasteiger partial charge in [-0.15, -0.1) is 0 Å². The number of aliphatic imine (C=N–C) groups is 1. The first-order chi connectivity index (χ1) is 14.5. The fourth-order valence-electron chi connectivity index (χ4n) is 3.50. The van der Waals surface area contributed by atoms with Crippen LogP contribution in [0.25, 0.3) is 0 Å². The second-order valence-electron chi connectivity index (χ2n) is 7.01. The van der Waals surface area contributed by atoms with E-state index in [1.54, 1.807) is 0 Å². The molecule has 13 heteroatoms. The third kappa shape index (κ3) is 3.64. The van der Waals surface area contributed by atoms with Gasteiger partial charge in [0.25, 0.3) is 18.4 Å². The number of carbonyl (C=O) groups is 1. The van der Waals surface area contributed by atoms with Crippen LogP contribution in [0.4, 0.5) is 32.0 Å². The second kappa shape index (κ2) is 7.10. The van der Waals surface area contributed by atoms with Crippen LogP contribution in [-0.2, 0) is 16.5 Å². The number of alkyl halides is 5. The number of hydrogen-bond acceptors (Lipinski definition) is 6. The highest BCUT2D eigenvalue weighted by Crippen LogP contribution is 2.56. The summed E-state index contributed by atoms with van der Waals surface area (Å²) in [4.78, 5) is 22.5. The van der Waals surface area contributed by atoms with Crippen LogP contribution in [0.1, 0.15) is 28.2 Å². The fraction of sp³-hybridized carbons (Fsp3) is 0.333. The molecule has 2 aromatic rings. The molecular formula is C18H13F6N5O2. The van der Waals surface area contributed by atoms with Gasteiger partial charge in [0.05, 0.1) is 12.4 Å². The number of ether oxygens (including phenoxy) is 1. The van der Waals surface area contributed by atoms with Gasteiger partial charge in [-0.25, -0.2) is 28.1 Å². The molecule has 3 atom stereocenters. The Morgan fingerprint density at radius 2 is 2.00 bits per heavy atom. The number of nitrogens with zero attached hydrogens (tertiary/aromatic N) is 3. The number of halogens is 6. The molecule has 1 amide bonds. The molecular weight excluding hydrogens is 432 g/mol. The third-order valence-corrected chi connectivity index (χ3v) is 5.03. The molecule has 164 valence electrons. The Labute approximate surface area is 170 Å². The number of hydrogen-bond donors (Lipinski definition) is 2. The van der Waals surface area contributed by atoms with Gasteiger partial charge < -0.3 is 15.8 Å². The van der Waals surface area contributed by atoms with Gasteiger partial charge in [-0.2, -0.15) is 13.2 Å². The predicted octanol–water partition coefficient (Wildman–Crippen LogP) is 3.08. The van der Waals surface area contributed by atoms with Gasteiger partial charge in [0.15, 0.2) is 11.2 Å². The molecule has 0 radical (unpaired) electrons. The lowest BCUT2D eigenvalue weighted by atomic mass is 9.84. The average molecular weight is 445 g/mol. The number of carbonyl (C=O) groups excluding carboxylic acids is 1. The lowest BCUT2D eigenvalue weighted by Gasteiger charge is -2.33. The van der Waals surface area contributed by atoms with Crippen LogP contribution >= 0.6 is 0 Å². The number of nitrogens with one attached hydrogen (secondary N) is 1. The van der Waals surface area contributed by atoms with Crippen molar-refractivity contribution in [1.82, 2.24) is 9.97 Å². The van der Waals surface area contributed by atoms with Gasteiger partial charge in [0, 0.05) is 17.2 Å². The molecule has 2 aliphatic rings. The zero-order valence-electron chi connectivity index (χ0n) is 15.3. The summed E-state index contributed by atoms with van der Waals surface area (Å²) >= 11 is 0. The molecule has 1 aromatic carbocycles. The van der Waals surface area contributed by atoms with Gasteiger partial charge in [-0.05, 0) is 24.6 Å². The van der Waals surface area contributed by atoms with E-state index in [1.165, 1.54) is 0 Å². The first-order valence-electron chi connectivity index (χ1n) is 8.83. The minimum absolute atomic E-state index is 0.0967. The maximum absolute atomic E-state index is 14.6. The molecule has 3 N–H and O–H groups in total. The highest BCUT2D eigenvalue weighted by Gasteiger charge is 2.64. The Hall–Kier alpha value is -3.38. The molecule has 0 saturated heterocycles. The van der Waals surface area contributed by atoms with Crippen molar-refractivity contribution in [3.63, 3.8) is 0 Å². The summed E-state index contributed by atoms with van der Waals surface area (Å²) < 4.78 is 85.6. The summed E-state index contributed by atoms with van der Waals surface area (Å²) in [5.41, 5.74) is 0.875. The molecule has 0 unspecified atom stereocenters. The lowest BCUT2D eigenvalue weighted by molar-refractivity contribution is -0.141. The number of fused-ring (bicyclic) bond motifs is 1. The maximum atomic E-state index is 14.6. The molecule has 0 bridgehead atoms. The highest BCUT2D eigenvalue weighted by atomic mass is 19.4. The van der Waals surface area contributed by atoms with Gasteiger partial charge in [-0.1, -0.05) is 0 Å². The monoisotopic (exact) mass is 445 g/mol. The zero-order chi connectivity index (χ0) is 22.6. The number of rotatable bonds is 4. The van der Waals surface area contributed by atoms with Crippen molar-refractivity contribution in [1.29, 1.82) is 0 Å². The largest absolute Gasteiger partial charge is 0.462 e. The minimum atomic E-state index is -4.73. The number of amidine groups is 1. The van der Waals surface area contributed by atoms with Crippen molar-refractivity contribution in [3.05, 3.63) is 53.4 Å². The van der Waals surface area contributed by atoms with Gasteiger partial charge >= 0.3 is 6.18 Å². The summed E-state index contributed by atoms with van der Waals surface area (Å²) in [6.45, 7) is 0. The molecule has 1 aliphatic carbocycles. The van der Waals surface area contributed by atoms with Crippen molar-refractivity contribution in [3.8, 4) is 0 Å². The van der Waals surface area contributed by atoms with Crippen LogP contribution in [0.15, 0.2) is 35.6 Å². The summed E-state index contributed by atoms with van der Waals surface area (Å²) in [7, 11) is 0. The van der Waals surface area contributed by atoms with Gasteiger partial charge in [0.1, 0.15) is 17.6 Å². The third-order valence-electron chi connectivity index (χ3n) is 5.03. The highest BCUT2D eigenvalue weighted by molar-refractivity contribution is 6.02. The normalized spacial score (nSPS) is 24.8. The van der Waals surface area contributed by atoms with E-state index >= 15 is 0 Å². The SMILES string of the molecule is NC1=N[C@@](c2cc(NC(=O)c3cnc(C(F)(F)F)cn3)ccc2F)(C(F)F)[C@H]2C[C@H]2O1. The maximum Gasteiger partial charge on any atom is 0.434 e. The van der Waals surface area contributed by atoms with Gasteiger partial charge in [-0.3, -0.25) is 4.79 Å². The van der Waals surface area contributed by atoms with Crippen molar-refractivity contribution in [2.45, 2.75) is 30.7 Å². The van der Waals surface area contributed by atoms with E-state index in [9.17, 15) is 31.1 Å². The molecule has 2 heterocycles. The zero-order valence-corrected chi connectivity index (χ0v) is 15.3. The van der Waals surface area contributed by atoms with E-state index in [-0.39, 0.29) is 12.1 Å². The first-order valence-corrected chi connectivity index (χ1v) is 8.83. The molecule has 4 rings (SSSR count). The van der Waals surface area contributed by atoms with Crippen LogP contribution in [0.3, 0.4) is 0 Å². The minimum Gasteiger partial charge on any atom is -0.462 e.